The van der Waals surface area contributed by atoms with Crippen molar-refractivity contribution in [3.8, 4) is 28.7 Å². The van der Waals surface area contributed by atoms with E-state index in [1.54, 1.807) is 37.4 Å². The van der Waals surface area contributed by atoms with Crippen LogP contribution in [0.2, 0.25) is 0 Å². The van der Waals surface area contributed by atoms with Crippen LogP contribution >= 0.6 is 22.6 Å². The van der Waals surface area contributed by atoms with E-state index in [4.69, 9.17) is 27.9 Å². The molecule has 0 radical (unpaired) electrons. The lowest BCUT2D eigenvalue weighted by molar-refractivity contribution is 0.00692. The summed E-state index contributed by atoms with van der Waals surface area (Å²) >= 11 is 2.15. The lowest BCUT2D eigenvalue weighted by atomic mass is 10.00. The number of hydrogen-bond donors (Lipinski definition) is 0. The predicted octanol–water partition coefficient (Wildman–Crippen LogP) is 4.62. The number of benzene rings is 3. The number of rotatable bonds is 6. The molecule has 0 saturated carbocycles. The molecule has 0 saturated heterocycles. The summed E-state index contributed by atoms with van der Waals surface area (Å²) in [7, 11) is -2.52. The Kier molecular flexibility index (Phi) is 6.21. The number of fused-ring (bicyclic) bond motifs is 2. The molecule has 34 heavy (non-hydrogen) atoms. The second-order valence-electron chi connectivity index (χ2n) is 7.79. The molecule has 2 atom stereocenters. The Labute approximate surface area is 211 Å². The molecule has 2 heterocycles. The SMILES string of the molecule is COc1ccc(I)c(O[C@@H]2c3cc4c(cc3OC[C@H]2OS(=O)(=O)c2ccc(C)cc2)OCO4)c1. The third-order valence-corrected chi connectivity index (χ3v) is 7.75. The number of hydrogen-bond acceptors (Lipinski definition) is 8. The Morgan fingerprint density at radius 1 is 0.941 bits per heavy atom. The number of aryl methyl sites for hydroxylation is 1. The molecule has 10 heteroatoms. The van der Waals surface area contributed by atoms with Gasteiger partial charge in [0.2, 0.25) is 6.79 Å². The van der Waals surface area contributed by atoms with Crippen LogP contribution in [0.1, 0.15) is 17.2 Å². The van der Waals surface area contributed by atoms with Gasteiger partial charge in [-0.25, -0.2) is 0 Å². The third kappa shape index (κ3) is 4.49. The van der Waals surface area contributed by atoms with E-state index in [1.807, 2.05) is 19.1 Å². The topological polar surface area (TPSA) is 89.5 Å². The molecule has 0 unspecified atom stereocenters. The van der Waals surface area contributed by atoms with Crippen molar-refractivity contribution in [1.82, 2.24) is 0 Å². The molecule has 2 aliphatic heterocycles. The monoisotopic (exact) mass is 596 g/mol. The van der Waals surface area contributed by atoms with Crippen LogP contribution in [-0.4, -0.2) is 35.0 Å². The number of halogens is 1. The van der Waals surface area contributed by atoms with Crippen LogP contribution in [0.4, 0.5) is 0 Å². The molecular formula is C24H21IO8S. The maximum atomic E-state index is 13.1. The van der Waals surface area contributed by atoms with Gasteiger partial charge in [-0.3, -0.25) is 4.18 Å². The Morgan fingerprint density at radius 2 is 1.68 bits per heavy atom. The summed E-state index contributed by atoms with van der Waals surface area (Å²) in [6.45, 7) is 1.94. The van der Waals surface area contributed by atoms with Crippen molar-refractivity contribution in [3.63, 3.8) is 0 Å². The fourth-order valence-electron chi connectivity index (χ4n) is 3.72. The second-order valence-corrected chi connectivity index (χ2v) is 10.5. The molecule has 0 aromatic heterocycles. The van der Waals surface area contributed by atoms with E-state index in [9.17, 15) is 8.42 Å². The van der Waals surface area contributed by atoms with Crippen LogP contribution in [0, 0.1) is 10.5 Å². The minimum absolute atomic E-state index is 0.0387. The van der Waals surface area contributed by atoms with E-state index in [-0.39, 0.29) is 18.3 Å². The first-order chi connectivity index (χ1) is 16.3. The summed E-state index contributed by atoms with van der Waals surface area (Å²) in [4.78, 5) is 0.0595. The van der Waals surface area contributed by atoms with Crippen molar-refractivity contribution in [2.45, 2.75) is 24.0 Å². The fourth-order valence-corrected chi connectivity index (χ4v) is 5.25. The van der Waals surface area contributed by atoms with Gasteiger partial charge in [-0.2, -0.15) is 8.42 Å². The minimum Gasteiger partial charge on any atom is -0.497 e. The van der Waals surface area contributed by atoms with Crippen molar-refractivity contribution in [3.05, 3.63) is 69.3 Å². The maximum Gasteiger partial charge on any atom is 0.297 e. The van der Waals surface area contributed by atoms with Gasteiger partial charge in [-0.05, 0) is 59.8 Å². The summed E-state index contributed by atoms with van der Waals surface area (Å²) in [5.74, 6) is 2.73. The molecular weight excluding hydrogens is 575 g/mol. The van der Waals surface area contributed by atoms with Crippen LogP contribution in [0.5, 0.6) is 28.7 Å². The maximum absolute atomic E-state index is 13.1. The van der Waals surface area contributed by atoms with Crippen molar-refractivity contribution >= 4 is 32.7 Å². The first kappa shape index (κ1) is 23.1. The van der Waals surface area contributed by atoms with Crippen molar-refractivity contribution < 1.29 is 36.3 Å². The average molecular weight is 596 g/mol. The standard InChI is InChI=1S/C24H21IO8S/c1-14-3-6-16(7-4-14)34(26,27)33-23-12-29-19-11-22-21(30-13-31-22)10-17(19)24(23)32-20-9-15(28-2)5-8-18(20)25/h3-11,23-24H,12-13H2,1-2H3/t23-,24-/m1/s1. The Bertz CT molecular complexity index is 1320. The quantitative estimate of drug-likeness (QED) is 0.301. The second kappa shape index (κ2) is 9.16. The molecule has 178 valence electrons. The number of methoxy groups -OCH3 is 1. The van der Waals surface area contributed by atoms with Gasteiger partial charge in [0.15, 0.2) is 23.7 Å². The van der Waals surface area contributed by atoms with Crippen LogP contribution < -0.4 is 23.7 Å². The Hall–Kier alpha value is -2.70. The zero-order chi connectivity index (χ0) is 23.9. The van der Waals surface area contributed by atoms with Crippen LogP contribution in [0.15, 0.2) is 59.5 Å². The van der Waals surface area contributed by atoms with Gasteiger partial charge in [-0.1, -0.05) is 17.7 Å². The first-order valence-electron chi connectivity index (χ1n) is 10.4. The predicted molar refractivity (Wildman–Crippen MR) is 130 cm³/mol. The molecule has 3 aromatic rings. The van der Waals surface area contributed by atoms with Gasteiger partial charge >= 0.3 is 0 Å². The van der Waals surface area contributed by atoms with Gasteiger partial charge in [0.05, 0.1) is 15.6 Å². The highest BCUT2D eigenvalue weighted by molar-refractivity contribution is 14.1. The first-order valence-corrected chi connectivity index (χ1v) is 12.9. The van der Waals surface area contributed by atoms with E-state index in [0.29, 0.717) is 34.3 Å². The largest absolute Gasteiger partial charge is 0.497 e. The lowest BCUT2D eigenvalue weighted by Gasteiger charge is -2.33. The zero-order valence-corrected chi connectivity index (χ0v) is 21.3. The lowest BCUT2D eigenvalue weighted by Crippen LogP contribution is -2.38. The van der Waals surface area contributed by atoms with Crippen LogP contribution in [-0.2, 0) is 14.3 Å². The van der Waals surface area contributed by atoms with E-state index < -0.39 is 22.3 Å². The summed E-state index contributed by atoms with van der Waals surface area (Å²) in [6, 6.07) is 15.3. The molecule has 0 spiro atoms. The highest BCUT2D eigenvalue weighted by Gasteiger charge is 2.39. The van der Waals surface area contributed by atoms with Crippen LogP contribution in [0.25, 0.3) is 0 Å². The van der Waals surface area contributed by atoms with Gasteiger partial charge in [0.1, 0.15) is 23.9 Å². The smallest absolute Gasteiger partial charge is 0.297 e. The molecule has 0 fully saturated rings. The van der Waals surface area contributed by atoms with E-state index in [0.717, 1.165) is 9.13 Å². The molecule has 3 aromatic carbocycles. The van der Waals surface area contributed by atoms with Gasteiger partial charge < -0.3 is 23.7 Å². The fraction of sp³-hybridized carbons (Fsp3) is 0.250. The molecule has 0 aliphatic carbocycles. The highest BCUT2D eigenvalue weighted by Crippen LogP contribution is 2.46. The summed E-state index contributed by atoms with van der Waals surface area (Å²) in [5.41, 5.74) is 1.54. The van der Waals surface area contributed by atoms with Gasteiger partial charge in [-0.15, -0.1) is 0 Å². The molecule has 0 bridgehead atoms. The Morgan fingerprint density at radius 3 is 2.41 bits per heavy atom. The van der Waals surface area contributed by atoms with Gasteiger partial charge in [0.25, 0.3) is 10.1 Å². The van der Waals surface area contributed by atoms with Crippen molar-refractivity contribution in [2.75, 3.05) is 20.5 Å². The average Bonchev–Trinajstić information content (AvgIpc) is 3.28. The molecule has 0 N–H and O–H groups in total. The summed E-state index contributed by atoms with van der Waals surface area (Å²) in [5, 5.41) is 0. The molecule has 0 amide bonds. The zero-order valence-electron chi connectivity index (χ0n) is 18.3. The Balaban J connectivity index is 1.53. The number of ether oxygens (including phenoxy) is 5. The summed E-state index contributed by atoms with van der Waals surface area (Å²) in [6.07, 6.45) is -1.76. The van der Waals surface area contributed by atoms with Crippen molar-refractivity contribution in [1.29, 1.82) is 0 Å². The molecule has 5 rings (SSSR count). The highest BCUT2D eigenvalue weighted by atomic mass is 127. The minimum atomic E-state index is -4.08. The van der Waals surface area contributed by atoms with Gasteiger partial charge in [0, 0.05) is 17.7 Å². The van der Waals surface area contributed by atoms with E-state index >= 15 is 0 Å². The van der Waals surface area contributed by atoms with E-state index in [2.05, 4.69) is 22.6 Å². The van der Waals surface area contributed by atoms with E-state index in [1.165, 1.54) is 12.1 Å². The third-order valence-electron chi connectivity index (χ3n) is 5.50. The summed E-state index contributed by atoms with van der Waals surface area (Å²) < 4.78 is 61.2. The molecule has 2 aliphatic rings. The normalized spacial score (nSPS) is 18.7. The van der Waals surface area contributed by atoms with Crippen LogP contribution in [0.3, 0.4) is 0 Å². The van der Waals surface area contributed by atoms with Crippen molar-refractivity contribution in [2.24, 2.45) is 0 Å². The molecule has 8 nitrogen and oxygen atoms in total.